The van der Waals surface area contributed by atoms with Crippen LogP contribution >= 0.6 is 11.6 Å². The molecule has 1 aliphatic heterocycles. The number of hydrogen-bond acceptors (Lipinski definition) is 6. The molecule has 0 radical (unpaired) electrons. The third kappa shape index (κ3) is 4.00. The largest absolute Gasteiger partial charge is 0.327 e. The highest BCUT2D eigenvalue weighted by Crippen LogP contribution is 2.39. The van der Waals surface area contributed by atoms with Gasteiger partial charge < -0.3 is 15.5 Å². The molecule has 1 atom stereocenters. The number of nitrogens with one attached hydrogen (secondary N) is 3. The van der Waals surface area contributed by atoms with Crippen LogP contribution in [0.3, 0.4) is 0 Å². The topological polar surface area (TPSA) is 103 Å². The van der Waals surface area contributed by atoms with Gasteiger partial charge in [0.25, 0.3) is 0 Å². The maximum absolute atomic E-state index is 13.1. The van der Waals surface area contributed by atoms with Gasteiger partial charge in [0, 0.05) is 41.1 Å². The second kappa shape index (κ2) is 8.08. The normalized spacial score (nSPS) is 18.1. The van der Waals surface area contributed by atoms with E-state index in [9.17, 15) is 4.79 Å². The Morgan fingerprint density at radius 2 is 2.00 bits per heavy atom. The van der Waals surface area contributed by atoms with Crippen LogP contribution in [0.15, 0.2) is 48.7 Å². The van der Waals surface area contributed by atoms with E-state index in [-0.39, 0.29) is 11.9 Å². The Labute approximate surface area is 195 Å². The van der Waals surface area contributed by atoms with Gasteiger partial charge in [-0.15, -0.1) is 5.10 Å². The number of hydrogen-bond donors (Lipinski definition) is 3. The molecule has 168 valence electrons. The van der Waals surface area contributed by atoms with Crippen LogP contribution in [0, 0.1) is 0 Å². The second-order valence-electron chi connectivity index (χ2n) is 8.55. The number of benzene rings is 1. The minimum atomic E-state index is -0.353. The van der Waals surface area contributed by atoms with E-state index in [1.807, 2.05) is 29.3 Å². The van der Waals surface area contributed by atoms with Gasteiger partial charge >= 0.3 is 0 Å². The molecule has 33 heavy (non-hydrogen) atoms. The average molecular weight is 463 g/mol. The van der Waals surface area contributed by atoms with Gasteiger partial charge in [-0.25, -0.2) is 4.52 Å². The molecule has 2 aliphatic rings. The first kappa shape index (κ1) is 20.0. The summed E-state index contributed by atoms with van der Waals surface area (Å²) in [5.41, 5.74) is 2.71. The predicted octanol–water partition coefficient (Wildman–Crippen LogP) is 4.33. The molecule has 3 aromatic heterocycles. The summed E-state index contributed by atoms with van der Waals surface area (Å²) in [5.74, 6) is 2.40. The lowest BCUT2D eigenvalue weighted by atomic mass is 10.2. The molecule has 10 heteroatoms. The lowest BCUT2D eigenvalue weighted by Crippen LogP contribution is -2.40. The van der Waals surface area contributed by atoms with Crippen LogP contribution in [0.4, 0.5) is 23.3 Å². The third-order valence-electron chi connectivity index (χ3n) is 6.17. The van der Waals surface area contributed by atoms with Gasteiger partial charge in [-0.05, 0) is 62.1 Å². The fourth-order valence-electron chi connectivity index (χ4n) is 4.30. The van der Waals surface area contributed by atoms with Crippen molar-refractivity contribution in [1.29, 1.82) is 0 Å². The molecular weight excluding hydrogens is 440 g/mol. The first-order valence-electron chi connectivity index (χ1n) is 11.1. The zero-order chi connectivity index (χ0) is 22.4. The predicted molar refractivity (Wildman–Crippen MR) is 127 cm³/mol. The Bertz CT molecular complexity index is 1310. The molecule has 0 unspecified atom stereocenters. The van der Waals surface area contributed by atoms with Gasteiger partial charge in [0.15, 0.2) is 11.6 Å². The Balaban J connectivity index is 1.27. The molecular formula is C23H23ClN8O. The summed E-state index contributed by atoms with van der Waals surface area (Å²) in [7, 11) is 0. The maximum Gasteiger partial charge on any atom is 0.247 e. The monoisotopic (exact) mass is 462 g/mol. The highest BCUT2D eigenvalue weighted by atomic mass is 35.5. The number of aromatic nitrogens is 5. The number of H-pyrrole nitrogens is 1. The van der Waals surface area contributed by atoms with E-state index in [0.29, 0.717) is 34.9 Å². The van der Waals surface area contributed by atoms with Crippen LogP contribution in [0.5, 0.6) is 0 Å². The highest BCUT2D eigenvalue weighted by Gasteiger charge is 2.33. The number of amides is 1. The first-order valence-corrected chi connectivity index (χ1v) is 11.5. The van der Waals surface area contributed by atoms with Crippen molar-refractivity contribution in [3.63, 3.8) is 0 Å². The summed E-state index contributed by atoms with van der Waals surface area (Å²) in [4.78, 5) is 19.8. The van der Waals surface area contributed by atoms with Crippen molar-refractivity contribution in [3.05, 3.63) is 59.4 Å². The Kier molecular flexibility index (Phi) is 4.91. The number of carbonyl (C=O) groups excluding carboxylic acids is 1. The van der Waals surface area contributed by atoms with Gasteiger partial charge in [-0.1, -0.05) is 11.6 Å². The van der Waals surface area contributed by atoms with Crippen LogP contribution in [-0.4, -0.2) is 43.3 Å². The van der Waals surface area contributed by atoms with Crippen molar-refractivity contribution in [1.82, 2.24) is 24.8 Å². The van der Waals surface area contributed by atoms with Crippen LogP contribution in [0.1, 0.15) is 37.3 Å². The summed E-state index contributed by atoms with van der Waals surface area (Å²) in [6.07, 6.45) is 5.91. The Morgan fingerprint density at radius 3 is 2.82 bits per heavy atom. The van der Waals surface area contributed by atoms with Crippen LogP contribution in [0.2, 0.25) is 5.02 Å². The first-order chi connectivity index (χ1) is 16.1. The molecule has 1 amide bonds. The molecule has 1 aliphatic carbocycles. The van der Waals surface area contributed by atoms with Crippen molar-refractivity contribution in [2.45, 2.75) is 37.6 Å². The molecule has 0 spiro atoms. The van der Waals surface area contributed by atoms with Crippen LogP contribution < -0.4 is 15.5 Å². The third-order valence-corrected chi connectivity index (χ3v) is 6.42. The van der Waals surface area contributed by atoms with Gasteiger partial charge in [-0.2, -0.15) is 10.1 Å². The Morgan fingerprint density at radius 1 is 1.15 bits per heavy atom. The minimum absolute atomic E-state index is 0.0816. The molecule has 0 bridgehead atoms. The summed E-state index contributed by atoms with van der Waals surface area (Å²) < 4.78 is 1.78. The van der Waals surface area contributed by atoms with E-state index in [0.717, 1.165) is 29.9 Å². The van der Waals surface area contributed by atoms with Crippen LogP contribution in [0.25, 0.3) is 5.52 Å². The fraction of sp³-hybridized carbons (Fsp3) is 0.304. The van der Waals surface area contributed by atoms with Crippen molar-refractivity contribution in [3.8, 4) is 0 Å². The molecule has 2 fully saturated rings. The SMILES string of the molecule is O=C(Nc1ccc(Cl)cc1)[C@@H]1CCCN1c1nc(Nc2cc(C3CC3)[nH]n2)c2cccn2n1. The molecule has 9 nitrogen and oxygen atoms in total. The molecule has 4 heterocycles. The molecule has 1 aromatic carbocycles. The van der Waals surface area contributed by atoms with Gasteiger partial charge in [0.1, 0.15) is 11.6 Å². The number of rotatable bonds is 6. The lowest BCUT2D eigenvalue weighted by Gasteiger charge is -2.24. The highest BCUT2D eigenvalue weighted by molar-refractivity contribution is 6.30. The zero-order valence-corrected chi connectivity index (χ0v) is 18.6. The number of nitrogens with zero attached hydrogens (tertiary/aromatic N) is 5. The van der Waals surface area contributed by atoms with Gasteiger partial charge in [-0.3, -0.25) is 9.89 Å². The number of halogens is 1. The fourth-order valence-corrected chi connectivity index (χ4v) is 4.43. The quantitative estimate of drug-likeness (QED) is 0.394. The summed E-state index contributed by atoms with van der Waals surface area (Å²) >= 11 is 5.96. The van der Waals surface area contributed by atoms with E-state index in [1.165, 1.54) is 12.8 Å². The summed E-state index contributed by atoms with van der Waals surface area (Å²) in [6.45, 7) is 0.707. The molecule has 1 saturated carbocycles. The molecule has 6 rings (SSSR count). The smallest absolute Gasteiger partial charge is 0.247 e. The van der Waals surface area contributed by atoms with E-state index in [4.69, 9.17) is 16.6 Å². The minimum Gasteiger partial charge on any atom is -0.327 e. The van der Waals surface area contributed by atoms with Crippen molar-refractivity contribution < 1.29 is 4.79 Å². The van der Waals surface area contributed by atoms with E-state index >= 15 is 0 Å². The number of fused-ring (bicyclic) bond motifs is 1. The van der Waals surface area contributed by atoms with Crippen molar-refractivity contribution in [2.24, 2.45) is 0 Å². The van der Waals surface area contributed by atoms with E-state index in [2.05, 4.69) is 25.9 Å². The number of carbonyl (C=O) groups is 1. The second-order valence-corrected chi connectivity index (χ2v) is 8.99. The summed E-state index contributed by atoms with van der Waals surface area (Å²) in [5, 5.41) is 19.1. The molecule has 1 saturated heterocycles. The molecule has 4 aromatic rings. The standard InChI is InChI=1S/C23H23ClN8O/c24-15-7-9-16(10-8-15)25-22(33)19-4-1-11-31(19)23-27-21(18-3-2-12-32(18)30-23)26-20-13-17(28-29-20)14-5-6-14/h2-3,7-10,12-14,19H,1,4-6,11H2,(H,25,33)(H2,26,27,28,29,30)/t19-/m0/s1. The van der Waals surface area contributed by atoms with Crippen molar-refractivity contribution >= 4 is 46.3 Å². The maximum atomic E-state index is 13.1. The average Bonchev–Trinajstić information content (AvgIpc) is 3.20. The summed E-state index contributed by atoms with van der Waals surface area (Å²) in [6, 6.07) is 12.7. The van der Waals surface area contributed by atoms with Gasteiger partial charge in [0.2, 0.25) is 11.9 Å². The zero-order valence-electron chi connectivity index (χ0n) is 17.8. The lowest BCUT2D eigenvalue weighted by molar-refractivity contribution is -0.117. The number of aromatic amines is 1. The van der Waals surface area contributed by atoms with Crippen molar-refractivity contribution in [2.75, 3.05) is 22.1 Å². The Hall–Kier alpha value is -3.59. The van der Waals surface area contributed by atoms with Crippen LogP contribution in [-0.2, 0) is 4.79 Å². The van der Waals surface area contributed by atoms with E-state index in [1.54, 1.807) is 28.8 Å². The van der Waals surface area contributed by atoms with Gasteiger partial charge in [0.05, 0.1) is 0 Å². The number of anilines is 4. The molecule has 3 N–H and O–H groups in total. The van der Waals surface area contributed by atoms with E-state index < -0.39 is 0 Å².